The highest BCUT2D eigenvalue weighted by atomic mass is 32.2. The minimum absolute atomic E-state index is 0.356. The van der Waals surface area contributed by atoms with Crippen LogP contribution in [0.5, 0.6) is 0 Å². The van der Waals surface area contributed by atoms with Crippen molar-refractivity contribution in [3.63, 3.8) is 0 Å². The fourth-order valence-corrected chi connectivity index (χ4v) is 4.38. The first-order valence-electron chi connectivity index (χ1n) is 8.53. The lowest BCUT2D eigenvalue weighted by Crippen LogP contribution is -2.41. The summed E-state index contributed by atoms with van der Waals surface area (Å²) in [5.74, 6) is 3.07. The molecule has 4 nitrogen and oxygen atoms in total. The average molecular weight is 313 g/mol. The first-order valence-corrected chi connectivity index (χ1v) is 9.52. The van der Waals surface area contributed by atoms with E-state index in [0.29, 0.717) is 4.75 Å². The molecule has 0 saturated carbocycles. The molecule has 2 rings (SSSR count). The maximum atomic E-state index is 4.83. The monoisotopic (exact) mass is 312 g/mol. The highest BCUT2D eigenvalue weighted by molar-refractivity contribution is 8.00. The van der Waals surface area contributed by atoms with Crippen LogP contribution in [0.15, 0.2) is 4.99 Å². The molecule has 0 spiro atoms. The maximum absolute atomic E-state index is 4.83. The molecule has 0 aromatic carbocycles. The van der Waals surface area contributed by atoms with Crippen LogP contribution in [0.2, 0.25) is 0 Å². The molecule has 2 aliphatic rings. The van der Waals surface area contributed by atoms with Gasteiger partial charge in [0.2, 0.25) is 0 Å². The van der Waals surface area contributed by atoms with Gasteiger partial charge in [-0.1, -0.05) is 6.92 Å². The van der Waals surface area contributed by atoms with Gasteiger partial charge in [0, 0.05) is 24.4 Å². The van der Waals surface area contributed by atoms with Crippen LogP contribution >= 0.6 is 11.8 Å². The van der Waals surface area contributed by atoms with E-state index in [9.17, 15) is 0 Å². The first kappa shape index (κ1) is 16.9. The van der Waals surface area contributed by atoms with Gasteiger partial charge in [0.15, 0.2) is 5.96 Å². The van der Waals surface area contributed by atoms with Gasteiger partial charge in [-0.3, -0.25) is 4.99 Å². The molecule has 2 N–H and O–H groups in total. The Balaban J connectivity index is 1.78. The molecule has 2 aliphatic heterocycles. The Morgan fingerprint density at radius 1 is 1.38 bits per heavy atom. The third kappa shape index (κ3) is 5.37. The van der Waals surface area contributed by atoms with Crippen molar-refractivity contribution in [1.29, 1.82) is 0 Å². The molecular formula is C16H32N4S. The van der Waals surface area contributed by atoms with E-state index >= 15 is 0 Å². The van der Waals surface area contributed by atoms with Gasteiger partial charge in [-0.2, -0.15) is 11.8 Å². The number of guanidine groups is 1. The van der Waals surface area contributed by atoms with Crippen molar-refractivity contribution in [3.05, 3.63) is 0 Å². The smallest absolute Gasteiger partial charge is 0.191 e. The summed E-state index contributed by atoms with van der Waals surface area (Å²) in [6.07, 6.45) is 3.96. The summed E-state index contributed by atoms with van der Waals surface area (Å²) in [4.78, 5) is 7.36. The van der Waals surface area contributed by atoms with Crippen LogP contribution in [0.3, 0.4) is 0 Å². The molecule has 2 heterocycles. The summed E-state index contributed by atoms with van der Waals surface area (Å²) in [5, 5.41) is 6.94. The average Bonchev–Trinajstić information content (AvgIpc) is 3.11. The third-order valence-electron chi connectivity index (χ3n) is 4.59. The van der Waals surface area contributed by atoms with Gasteiger partial charge in [-0.25, -0.2) is 0 Å². The second-order valence-electron chi connectivity index (χ2n) is 6.53. The lowest BCUT2D eigenvalue weighted by molar-refractivity contribution is 0.342. The second-order valence-corrected chi connectivity index (χ2v) is 8.21. The Morgan fingerprint density at radius 2 is 2.24 bits per heavy atom. The van der Waals surface area contributed by atoms with Crippen LogP contribution < -0.4 is 10.6 Å². The number of nitrogens with zero attached hydrogens (tertiary/aromatic N) is 2. The molecule has 122 valence electrons. The SMILES string of the molecule is CCNC(=NCC1(C)CCCS1)NCC1CCN(CC)C1. The fraction of sp³-hybridized carbons (Fsp3) is 0.938. The van der Waals surface area contributed by atoms with E-state index in [-0.39, 0.29) is 0 Å². The molecule has 2 unspecified atom stereocenters. The van der Waals surface area contributed by atoms with Gasteiger partial charge in [0.1, 0.15) is 0 Å². The van der Waals surface area contributed by atoms with Crippen molar-refractivity contribution in [1.82, 2.24) is 15.5 Å². The number of likely N-dealkylation sites (tertiary alicyclic amines) is 1. The molecule has 2 atom stereocenters. The zero-order valence-electron chi connectivity index (χ0n) is 14.0. The van der Waals surface area contributed by atoms with Crippen molar-refractivity contribution >= 4 is 17.7 Å². The topological polar surface area (TPSA) is 39.7 Å². The molecule has 2 fully saturated rings. The normalized spacial score (nSPS) is 30.8. The van der Waals surface area contributed by atoms with Crippen LogP contribution in [0, 0.1) is 5.92 Å². The van der Waals surface area contributed by atoms with Crippen molar-refractivity contribution in [3.8, 4) is 0 Å². The summed E-state index contributed by atoms with van der Waals surface area (Å²) in [6, 6.07) is 0. The van der Waals surface area contributed by atoms with E-state index < -0.39 is 0 Å². The van der Waals surface area contributed by atoms with Gasteiger partial charge >= 0.3 is 0 Å². The van der Waals surface area contributed by atoms with Crippen LogP contribution in [0.4, 0.5) is 0 Å². The lowest BCUT2D eigenvalue weighted by atomic mass is 10.1. The molecule has 0 amide bonds. The lowest BCUT2D eigenvalue weighted by Gasteiger charge is -2.21. The zero-order chi connectivity index (χ0) is 15.1. The first-order chi connectivity index (χ1) is 10.1. The molecule has 5 heteroatoms. The fourth-order valence-electron chi connectivity index (χ4n) is 3.16. The minimum Gasteiger partial charge on any atom is -0.357 e. The zero-order valence-corrected chi connectivity index (χ0v) is 14.8. The van der Waals surface area contributed by atoms with Gasteiger partial charge in [-0.15, -0.1) is 0 Å². The van der Waals surface area contributed by atoms with E-state index in [0.717, 1.165) is 31.5 Å². The van der Waals surface area contributed by atoms with Gasteiger partial charge < -0.3 is 15.5 Å². The highest BCUT2D eigenvalue weighted by Crippen LogP contribution is 2.37. The number of thioether (sulfide) groups is 1. The number of aliphatic imine (C=N–C) groups is 1. The minimum atomic E-state index is 0.356. The summed E-state index contributed by atoms with van der Waals surface area (Å²) in [5.41, 5.74) is 0. The molecule has 2 saturated heterocycles. The van der Waals surface area contributed by atoms with E-state index in [1.165, 1.54) is 44.6 Å². The molecule has 0 radical (unpaired) electrons. The summed E-state index contributed by atoms with van der Waals surface area (Å²) < 4.78 is 0.356. The number of nitrogens with one attached hydrogen (secondary N) is 2. The number of hydrogen-bond donors (Lipinski definition) is 2. The molecular weight excluding hydrogens is 280 g/mol. The Morgan fingerprint density at radius 3 is 2.86 bits per heavy atom. The predicted octanol–water partition coefficient (Wildman–Crippen LogP) is 2.17. The van der Waals surface area contributed by atoms with E-state index in [2.05, 4.69) is 48.1 Å². The standard InChI is InChI=1S/C16H32N4S/c1-4-17-15(19-13-16(3)8-6-10-21-16)18-11-14-7-9-20(5-2)12-14/h14H,4-13H2,1-3H3,(H2,17,18,19). The van der Waals surface area contributed by atoms with Crippen LogP contribution in [-0.2, 0) is 0 Å². The predicted molar refractivity (Wildman–Crippen MR) is 94.3 cm³/mol. The largest absolute Gasteiger partial charge is 0.357 e. The Bertz CT molecular complexity index is 339. The van der Waals surface area contributed by atoms with Crippen LogP contribution in [0.1, 0.15) is 40.0 Å². The van der Waals surface area contributed by atoms with Crippen molar-refractivity contribution in [2.24, 2.45) is 10.9 Å². The summed E-state index contributed by atoms with van der Waals surface area (Å²) in [6.45, 7) is 13.3. The third-order valence-corrected chi connectivity index (χ3v) is 6.11. The van der Waals surface area contributed by atoms with E-state index in [4.69, 9.17) is 4.99 Å². The molecule has 21 heavy (non-hydrogen) atoms. The summed E-state index contributed by atoms with van der Waals surface area (Å²) >= 11 is 2.08. The molecule has 0 aromatic rings. The Labute approximate surface area is 134 Å². The highest BCUT2D eigenvalue weighted by Gasteiger charge is 2.29. The van der Waals surface area contributed by atoms with Gasteiger partial charge in [-0.05, 0) is 57.9 Å². The van der Waals surface area contributed by atoms with Gasteiger partial charge in [0.05, 0.1) is 6.54 Å². The summed E-state index contributed by atoms with van der Waals surface area (Å²) in [7, 11) is 0. The molecule has 0 aromatic heterocycles. The Kier molecular flexibility index (Phi) is 6.68. The van der Waals surface area contributed by atoms with E-state index in [1.807, 2.05) is 0 Å². The van der Waals surface area contributed by atoms with Crippen LogP contribution in [0.25, 0.3) is 0 Å². The second kappa shape index (κ2) is 8.28. The van der Waals surface area contributed by atoms with Crippen molar-refractivity contribution < 1.29 is 0 Å². The Hall–Kier alpha value is -0.420. The maximum Gasteiger partial charge on any atom is 0.191 e. The number of hydrogen-bond acceptors (Lipinski definition) is 3. The molecule has 0 aliphatic carbocycles. The molecule has 0 bridgehead atoms. The van der Waals surface area contributed by atoms with Crippen molar-refractivity contribution in [2.45, 2.75) is 44.8 Å². The van der Waals surface area contributed by atoms with E-state index in [1.54, 1.807) is 0 Å². The van der Waals surface area contributed by atoms with Crippen molar-refractivity contribution in [2.75, 3.05) is 45.0 Å². The number of rotatable bonds is 6. The quantitative estimate of drug-likeness (QED) is 0.582. The van der Waals surface area contributed by atoms with Crippen LogP contribution in [-0.4, -0.2) is 60.6 Å². The van der Waals surface area contributed by atoms with Gasteiger partial charge in [0.25, 0.3) is 0 Å².